The molecular weight excluding hydrogens is 394 g/mol. The first kappa shape index (κ1) is 24.3. The van der Waals surface area contributed by atoms with Crippen LogP contribution in [0.1, 0.15) is 36.2 Å². The molecule has 168 valence electrons. The van der Waals surface area contributed by atoms with Crippen LogP contribution >= 0.6 is 0 Å². The highest BCUT2D eigenvalue weighted by atomic mass is 16.5. The third-order valence-corrected chi connectivity index (χ3v) is 5.22. The third-order valence-electron chi connectivity index (χ3n) is 5.22. The Morgan fingerprint density at radius 1 is 1.42 bits per heavy atom. The van der Waals surface area contributed by atoms with Gasteiger partial charge >= 0.3 is 0 Å². The number of pyridine rings is 1. The smallest absolute Gasteiger partial charge is 0.255 e. The van der Waals surface area contributed by atoms with Crippen molar-refractivity contribution >= 4 is 30.0 Å². The van der Waals surface area contributed by atoms with Crippen molar-refractivity contribution in [3.8, 4) is 0 Å². The van der Waals surface area contributed by atoms with Gasteiger partial charge in [0, 0.05) is 45.6 Å². The van der Waals surface area contributed by atoms with E-state index in [4.69, 9.17) is 9.47 Å². The number of fused-ring (bicyclic) bond motifs is 1. The molecule has 0 aliphatic carbocycles. The van der Waals surface area contributed by atoms with Gasteiger partial charge in [-0.25, -0.2) is 0 Å². The van der Waals surface area contributed by atoms with Crippen LogP contribution in [0.15, 0.2) is 39.8 Å². The van der Waals surface area contributed by atoms with Crippen LogP contribution < -0.4 is 5.32 Å². The molecule has 2 aromatic heterocycles. The zero-order valence-electron chi connectivity index (χ0n) is 19.1. The number of nitrogens with zero attached hydrogens (tertiary/aromatic N) is 4. The zero-order valence-corrected chi connectivity index (χ0v) is 19.1. The minimum atomic E-state index is -0.150. The maximum absolute atomic E-state index is 12.7. The van der Waals surface area contributed by atoms with E-state index in [9.17, 15) is 4.79 Å². The molecule has 0 saturated heterocycles. The number of carbonyl (C=O) groups excluding carboxylic acids is 1. The first-order valence-corrected chi connectivity index (χ1v) is 10.3. The summed E-state index contributed by atoms with van der Waals surface area (Å²) >= 11 is 0. The summed E-state index contributed by atoms with van der Waals surface area (Å²) in [5.74, 6) is 0.956. The fourth-order valence-electron chi connectivity index (χ4n) is 3.39. The van der Waals surface area contributed by atoms with Crippen molar-refractivity contribution < 1.29 is 14.3 Å². The number of hydrogen-bond acceptors (Lipinski definition) is 5. The van der Waals surface area contributed by atoms with Gasteiger partial charge < -0.3 is 19.4 Å². The molecule has 0 aliphatic heterocycles. The van der Waals surface area contributed by atoms with Crippen LogP contribution in [0, 0.1) is 12.8 Å². The minimum Gasteiger partial charge on any atom is -0.501 e. The molecule has 0 aliphatic rings. The maximum atomic E-state index is 12.7. The summed E-state index contributed by atoms with van der Waals surface area (Å²) < 4.78 is 12.7. The molecule has 2 heterocycles. The Morgan fingerprint density at radius 3 is 2.87 bits per heavy atom. The number of aliphatic imine (C=N–C) groups is 2. The molecule has 2 aromatic rings. The lowest BCUT2D eigenvalue weighted by Gasteiger charge is -2.18. The van der Waals surface area contributed by atoms with Gasteiger partial charge in [-0.3, -0.25) is 19.8 Å². The number of ether oxygens (including phenoxy) is 2. The first-order valence-electron chi connectivity index (χ1n) is 10.3. The van der Waals surface area contributed by atoms with Crippen LogP contribution in [0.3, 0.4) is 0 Å². The van der Waals surface area contributed by atoms with Crippen LogP contribution in [-0.4, -0.2) is 62.4 Å². The number of allylic oxidation sites excluding steroid dienone is 1. The normalized spacial score (nSPS) is 13.3. The van der Waals surface area contributed by atoms with Gasteiger partial charge in [-0.1, -0.05) is 6.92 Å². The average Bonchev–Trinajstić information content (AvgIpc) is 3.11. The molecule has 0 aromatic carbocycles. The molecule has 2 rings (SSSR count). The Labute approximate surface area is 184 Å². The molecule has 0 fully saturated rings. The van der Waals surface area contributed by atoms with Gasteiger partial charge in [-0.15, -0.1) is 0 Å². The van der Waals surface area contributed by atoms with E-state index in [1.807, 2.05) is 13.1 Å². The number of carbonyl (C=O) groups is 1. The van der Waals surface area contributed by atoms with Gasteiger partial charge in [0.05, 0.1) is 30.6 Å². The number of aromatic nitrogens is 2. The van der Waals surface area contributed by atoms with Crippen molar-refractivity contribution in [2.45, 2.75) is 33.7 Å². The number of amides is 1. The Balaban J connectivity index is 2.29. The van der Waals surface area contributed by atoms with Gasteiger partial charge in [0.2, 0.25) is 0 Å². The molecule has 1 atom stereocenters. The summed E-state index contributed by atoms with van der Waals surface area (Å²) in [5, 5.41) is 2.88. The topological polar surface area (TPSA) is 90.1 Å². The first-order chi connectivity index (χ1) is 14.9. The molecule has 1 N–H and O–H groups in total. The molecular formula is C23H33N5O3. The van der Waals surface area contributed by atoms with E-state index < -0.39 is 0 Å². The van der Waals surface area contributed by atoms with E-state index >= 15 is 0 Å². The zero-order chi connectivity index (χ0) is 22.8. The summed E-state index contributed by atoms with van der Waals surface area (Å²) in [6, 6.07) is 2.06. The monoisotopic (exact) mass is 427 g/mol. The number of hydrogen-bond donors (Lipinski definition) is 1. The number of rotatable bonds is 12. The van der Waals surface area contributed by atoms with Gasteiger partial charge in [-0.05, 0) is 43.7 Å². The van der Waals surface area contributed by atoms with Crippen LogP contribution in [0.25, 0.3) is 11.0 Å². The standard InChI is InChI=1S/C23H33N5O3/c1-16-11-20-22(27-12-16)19(23(29)26-9-10-30-5)14-28(20)13-17(2)18(3)21(31-6)7-8-25-15-24-4/h11-12,14-15,17H,4,7-10,13H2,1-3,5-6H3,(H,26,29)/b21-18+,25-15-. The lowest BCUT2D eigenvalue weighted by Crippen LogP contribution is -2.26. The maximum Gasteiger partial charge on any atom is 0.255 e. The molecule has 1 unspecified atom stereocenters. The lowest BCUT2D eigenvalue weighted by atomic mass is 10.00. The number of nitrogens with one attached hydrogen (secondary N) is 1. The van der Waals surface area contributed by atoms with E-state index in [2.05, 4.69) is 51.5 Å². The summed E-state index contributed by atoms with van der Waals surface area (Å²) in [7, 11) is 3.29. The second-order valence-corrected chi connectivity index (χ2v) is 7.49. The van der Waals surface area contributed by atoms with Crippen molar-refractivity contribution in [3.05, 3.63) is 40.9 Å². The van der Waals surface area contributed by atoms with Crippen LogP contribution in [0.4, 0.5) is 0 Å². The quantitative estimate of drug-likeness (QED) is 0.243. The molecule has 31 heavy (non-hydrogen) atoms. The molecule has 8 nitrogen and oxygen atoms in total. The van der Waals surface area contributed by atoms with Crippen molar-refractivity contribution in [1.29, 1.82) is 0 Å². The molecule has 8 heteroatoms. The van der Waals surface area contributed by atoms with E-state index in [1.165, 1.54) is 6.34 Å². The van der Waals surface area contributed by atoms with Crippen molar-refractivity contribution in [3.63, 3.8) is 0 Å². The Morgan fingerprint density at radius 2 is 2.19 bits per heavy atom. The van der Waals surface area contributed by atoms with E-state index in [0.29, 0.717) is 43.7 Å². The van der Waals surface area contributed by atoms with Crippen LogP contribution in [-0.2, 0) is 16.0 Å². The van der Waals surface area contributed by atoms with Crippen molar-refractivity contribution in [2.24, 2.45) is 15.9 Å². The number of methoxy groups -OCH3 is 2. The molecule has 0 bridgehead atoms. The van der Waals surface area contributed by atoms with Crippen LogP contribution in [0.2, 0.25) is 0 Å². The van der Waals surface area contributed by atoms with Crippen molar-refractivity contribution in [1.82, 2.24) is 14.9 Å². The largest absolute Gasteiger partial charge is 0.501 e. The Kier molecular flexibility index (Phi) is 9.40. The predicted octanol–water partition coefficient (Wildman–Crippen LogP) is 3.40. The van der Waals surface area contributed by atoms with Gasteiger partial charge in [0.25, 0.3) is 5.91 Å². The second kappa shape index (κ2) is 12.0. The third kappa shape index (κ3) is 6.49. The predicted molar refractivity (Wildman–Crippen MR) is 125 cm³/mol. The SMILES string of the molecule is C=N/C=N\CC/C(OC)=C(/C)C(C)Cn1cc(C(=O)NCCOC)c2ncc(C)cc21. The van der Waals surface area contributed by atoms with Crippen LogP contribution in [0.5, 0.6) is 0 Å². The second-order valence-electron chi connectivity index (χ2n) is 7.49. The molecule has 0 spiro atoms. The Hall–Kier alpha value is -3.00. The molecule has 1 amide bonds. The highest BCUT2D eigenvalue weighted by Gasteiger charge is 2.19. The lowest BCUT2D eigenvalue weighted by molar-refractivity contribution is 0.0938. The summed E-state index contributed by atoms with van der Waals surface area (Å²) in [6.07, 6.45) is 5.82. The molecule has 0 radical (unpaired) electrons. The fourth-order valence-corrected chi connectivity index (χ4v) is 3.39. The van der Waals surface area contributed by atoms with Gasteiger partial charge in [0.15, 0.2) is 0 Å². The highest BCUT2D eigenvalue weighted by molar-refractivity contribution is 6.05. The highest BCUT2D eigenvalue weighted by Crippen LogP contribution is 2.25. The van der Waals surface area contributed by atoms with Gasteiger partial charge in [0.1, 0.15) is 11.9 Å². The summed E-state index contributed by atoms with van der Waals surface area (Å²) in [6.45, 7) is 11.8. The fraction of sp³-hybridized carbons (Fsp3) is 0.478. The van der Waals surface area contributed by atoms with Gasteiger partial charge in [-0.2, -0.15) is 0 Å². The summed E-state index contributed by atoms with van der Waals surface area (Å²) in [4.78, 5) is 25.0. The molecule has 0 saturated carbocycles. The van der Waals surface area contributed by atoms with E-state index in [-0.39, 0.29) is 11.8 Å². The Bertz CT molecular complexity index is 962. The van der Waals surface area contributed by atoms with E-state index in [0.717, 1.165) is 22.4 Å². The van der Waals surface area contributed by atoms with E-state index in [1.54, 1.807) is 20.4 Å². The summed E-state index contributed by atoms with van der Waals surface area (Å²) in [5.41, 5.74) is 4.41. The average molecular weight is 428 g/mol. The number of aryl methyl sites for hydroxylation is 1. The van der Waals surface area contributed by atoms with Crippen molar-refractivity contribution in [2.75, 3.05) is 33.9 Å². The minimum absolute atomic E-state index is 0.150.